The number of thiophene rings is 1. The van der Waals surface area contributed by atoms with Gasteiger partial charge < -0.3 is 4.98 Å². The summed E-state index contributed by atoms with van der Waals surface area (Å²) in [6, 6.07) is 4.41. The van der Waals surface area contributed by atoms with Crippen molar-refractivity contribution >= 4 is 23.1 Å². The maximum atomic E-state index is 12.2. The lowest BCUT2D eigenvalue weighted by Crippen LogP contribution is -2.35. The van der Waals surface area contributed by atoms with Gasteiger partial charge in [0.05, 0.1) is 11.3 Å². The molecule has 0 aromatic carbocycles. The molecule has 112 valence electrons. The van der Waals surface area contributed by atoms with Crippen LogP contribution in [0.25, 0.3) is 0 Å². The number of aromatic amines is 1. The summed E-state index contributed by atoms with van der Waals surface area (Å²) in [5.74, 6) is 0. The van der Waals surface area contributed by atoms with Gasteiger partial charge in [-0.05, 0) is 24.8 Å². The number of nitrogens with zero attached hydrogens (tertiary/aromatic N) is 2. The van der Waals surface area contributed by atoms with Crippen molar-refractivity contribution < 1.29 is 0 Å². The van der Waals surface area contributed by atoms with Crippen molar-refractivity contribution in [1.82, 2.24) is 14.9 Å². The standard InChI is InChI=1S/C15H19N3OS2/c1-3-10-4-5-11(21-10)8-18-7-6-13-12(9-18)14(19)17-15(16-13)20-2/h4-5H,3,6-9H2,1-2H3,(H,16,17,19). The van der Waals surface area contributed by atoms with Gasteiger partial charge in [-0.2, -0.15) is 0 Å². The number of hydrogen-bond acceptors (Lipinski definition) is 5. The Kier molecular flexibility index (Phi) is 4.47. The monoisotopic (exact) mass is 321 g/mol. The van der Waals surface area contributed by atoms with Gasteiger partial charge >= 0.3 is 0 Å². The van der Waals surface area contributed by atoms with Crippen molar-refractivity contribution in [3.63, 3.8) is 0 Å². The molecule has 0 atom stereocenters. The molecule has 0 bridgehead atoms. The Morgan fingerprint density at radius 1 is 1.43 bits per heavy atom. The highest BCUT2D eigenvalue weighted by Crippen LogP contribution is 2.22. The van der Waals surface area contributed by atoms with Crippen LogP contribution in [-0.2, 0) is 25.9 Å². The zero-order valence-corrected chi connectivity index (χ0v) is 13.9. The molecule has 6 heteroatoms. The van der Waals surface area contributed by atoms with Crippen molar-refractivity contribution in [2.45, 2.75) is 38.0 Å². The van der Waals surface area contributed by atoms with Crippen LogP contribution in [0.5, 0.6) is 0 Å². The number of aryl methyl sites for hydroxylation is 1. The second kappa shape index (κ2) is 6.34. The van der Waals surface area contributed by atoms with E-state index in [-0.39, 0.29) is 5.56 Å². The molecule has 0 fully saturated rings. The van der Waals surface area contributed by atoms with Gasteiger partial charge in [0.1, 0.15) is 0 Å². The number of hydrogen-bond donors (Lipinski definition) is 1. The average Bonchev–Trinajstić information content (AvgIpc) is 2.95. The molecule has 2 aromatic heterocycles. The molecule has 3 heterocycles. The number of nitrogens with one attached hydrogen (secondary N) is 1. The second-order valence-electron chi connectivity index (χ2n) is 5.18. The number of thioether (sulfide) groups is 1. The summed E-state index contributed by atoms with van der Waals surface area (Å²) >= 11 is 3.36. The van der Waals surface area contributed by atoms with Crippen molar-refractivity contribution in [1.29, 1.82) is 0 Å². The van der Waals surface area contributed by atoms with E-state index in [0.717, 1.165) is 42.3 Å². The SMILES string of the molecule is CCc1ccc(CN2CCc3nc(SC)[nH]c(=O)c3C2)s1. The lowest BCUT2D eigenvalue weighted by molar-refractivity contribution is 0.243. The highest BCUT2D eigenvalue weighted by Gasteiger charge is 2.21. The van der Waals surface area contributed by atoms with Crippen LogP contribution in [0.1, 0.15) is 27.9 Å². The van der Waals surface area contributed by atoms with E-state index in [1.165, 1.54) is 21.5 Å². The fourth-order valence-corrected chi connectivity index (χ4v) is 4.00. The van der Waals surface area contributed by atoms with Crippen molar-refractivity contribution in [2.75, 3.05) is 12.8 Å². The lowest BCUT2D eigenvalue weighted by atomic mass is 10.1. The molecule has 0 saturated heterocycles. The highest BCUT2D eigenvalue weighted by molar-refractivity contribution is 7.98. The molecule has 0 unspecified atom stereocenters. The van der Waals surface area contributed by atoms with E-state index < -0.39 is 0 Å². The molecule has 2 aromatic rings. The molecule has 21 heavy (non-hydrogen) atoms. The molecule has 4 nitrogen and oxygen atoms in total. The Balaban J connectivity index is 1.76. The molecule has 1 N–H and O–H groups in total. The molecule has 0 amide bonds. The Bertz CT molecular complexity index is 692. The van der Waals surface area contributed by atoms with Crippen LogP contribution in [0.3, 0.4) is 0 Å². The number of rotatable bonds is 4. The van der Waals surface area contributed by atoms with Crippen molar-refractivity contribution in [3.8, 4) is 0 Å². The van der Waals surface area contributed by atoms with Crippen molar-refractivity contribution in [3.05, 3.63) is 43.5 Å². The third kappa shape index (κ3) is 3.22. The van der Waals surface area contributed by atoms with Gasteiger partial charge in [-0.15, -0.1) is 11.3 Å². The topological polar surface area (TPSA) is 49.0 Å². The van der Waals surface area contributed by atoms with E-state index in [1.807, 2.05) is 17.6 Å². The normalized spacial score (nSPS) is 15.1. The van der Waals surface area contributed by atoms with E-state index in [9.17, 15) is 4.79 Å². The summed E-state index contributed by atoms with van der Waals surface area (Å²) < 4.78 is 0. The smallest absolute Gasteiger partial charge is 0.256 e. The van der Waals surface area contributed by atoms with Crippen LogP contribution in [0.15, 0.2) is 22.1 Å². The first-order valence-electron chi connectivity index (χ1n) is 7.15. The summed E-state index contributed by atoms with van der Waals surface area (Å²) in [6.07, 6.45) is 3.88. The summed E-state index contributed by atoms with van der Waals surface area (Å²) in [6.45, 7) is 4.78. The first kappa shape index (κ1) is 14.8. The average molecular weight is 321 g/mol. The zero-order valence-electron chi connectivity index (χ0n) is 12.3. The van der Waals surface area contributed by atoms with E-state index in [2.05, 4.69) is 33.9 Å². The van der Waals surface area contributed by atoms with Crippen LogP contribution in [0.2, 0.25) is 0 Å². The largest absolute Gasteiger partial charge is 0.301 e. The number of H-pyrrole nitrogens is 1. The minimum absolute atomic E-state index is 0.0227. The molecule has 3 rings (SSSR count). The minimum Gasteiger partial charge on any atom is -0.301 e. The molecule has 1 aliphatic rings. The zero-order chi connectivity index (χ0) is 14.8. The van der Waals surface area contributed by atoms with Gasteiger partial charge in [-0.25, -0.2) is 4.98 Å². The molecular formula is C15H19N3OS2. The molecular weight excluding hydrogens is 302 g/mol. The third-order valence-electron chi connectivity index (χ3n) is 3.76. The highest BCUT2D eigenvalue weighted by atomic mass is 32.2. The number of aromatic nitrogens is 2. The molecule has 0 saturated carbocycles. The van der Waals surface area contributed by atoms with E-state index in [0.29, 0.717) is 6.54 Å². The van der Waals surface area contributed by atoms with Crippen LogP contribution in [0, 0.1) is 0 Å². The Morgan fingerprint density at radius 3 is 2.95 bits per heavy atom. The lowest BCUT2D eigenvalue weighted by Gasteiger charge is -2.27. The van der Waals surface area contributed by atoms with Gasteiger partial charge in [-0.1, -0.05) is 18.7 Å². The molecule has 0 radical (unpaired) electrons. The summed E-state index contributed by atoms with van der Waals surface area (Å²) in [5.41, 5.74) is 1.83. The quantitative estimate of drug-likeness (QED) is 0.695. The Morgan fingerprint density at radius 2 is 2.24 bits per heavy atom. The van der Waals surface area contributed by atoms with E-state index >= 15 is 0 Å². The summed E-state index contributed by atoms with van der Waals surface area (Å²) in [7, 11) is 0. The van der Waals surface area contributed by atoms with E-state index in [4.69, 9.17) is 0 Å². The summed E-state index contributed by atoms with van der Waals surface area (Å²) in [4.78, 5) is 24.7. The van der Waals surface area contributed by atoms with Crippen molar-refractivity contribution in [2.24, 2.45) is 0 Å². The fourth-order valence-electron chi connectivity index (χ4n) is 2.61. The Hall–Kier alpha value is -1.11. The molecule has 1 aliphatic heterocycles. The predicted molar refractivity (Wildman–Crippen MR) is 88.2 cm³/mol. The van der Waals surface area contributed by atoms with Crippen LogP contribution < -0.4 is 5.56 Å². The van der Waals surface area contributed by atoms with Gasteiger partial charge in [0, 0.05) is 35.8 Å². The van der Waals surface area contributed by atoms with Crippen LogP contribution in [0.4, 0.5) is 0 Å². The second-order valence-corrected chi connectivity index (χ2v) is 7.23. The van der Waals surface area contributed by atoms with Gasteiger partial charge in [-0.3, -0.25) is 9.69 Å². The predicted octanol–water partition coefficient (Wildman–Crippen LogP) is 2.67. The maximum absolute atomic E-state index is 12.2. The van der Waals surface area contributed by atoms with E-state index in [1.54, 1.807) is 0 Å². The van der Waals surface area contributed by atoms with Crippen LogP contribution >= 0.6 is 23.1 Å². The first-order valence-corrected chi connectivity index (χ1v) is 9.19. The fraction of sp³-hybridized carbons (Fsp3) is 0.467. The minimum atomic E-state index is 0.0227. The third-order valence-corrected chi connectivity index (χ3v) is 5.56. The number of fused-ring (bicyclic) bond motifs is 1. The Labute approximate surface area is 132 Å². The van der Waals surface area contributed by atoms with Gasteiger partial charge in [0.15, 0.2) is 5.16 Å². The van der Waals surface area contributed by atoms with Gasteiger partial charge in [0.25, 0.3) is 5.56 Å². The maximum Gasteiger partial charge on any atom is 0.256 e. The molecule has 0 aliphatic carbocycles. The van der Waals surface area contributed by atoms with Crippen LogP contribution in [-0.4, -0.2) is 27.7 Å². The molecule has 0 spiro atoms. The first-order chi connectivity index (χ1) is 10.2. The summed E-state index contributed by atoms with van der Waals surface area (Å²) in [5, 5.41) is 0.720. The van der Waals surface area contributed by atoms with Gasteiger partial charge in [0.2, 0.25) is 0 Å².